The Kier molecular flexibility index (Phi) is 4.16. The lowest BCUT2D eigenvalue weighted by atomic mass is 10.0. The van der Waals surface area contributed by atoms with E-state index in [1.54, 1.807) is 0 Å². The van der Waals surface area contributed by atoms with E-state index in [0.717, 1.165) is 12.1 Å². The minimum atomic E-state index is -1.28. The molecule has 0 aromatic heterocycles. The smallest absolute Gasteiger partial charge is 0.242 e. The number of hydrogen-bond acceptors (Lipinski definition) is 3. The fraction of sp³-hybridized carbons (Fsp3) is 0.222. The zero-order valence-electron chi connectivity index (χ0n) is 13.2. The van der Waals surface area contributed by atoms with Crippen LogP contribution in [0.5, 0.6) is 5.75 Å². The second-order valence-corrected chi connectivity index (χ2v) is 6.10. The predicted octanol–water partition coefficient (Wildman–Crippen LogP) is 2.47. The number of nitrogens with zero attached hydrogens (tertiary/aromatic N) is 1. The summed E-state index contributed by atoms with van der Waals surface area (Å²) in [6.45, 7) is 0.0123. The molecule has 1 aliphatic carbocycles. The van der Waals surface area contributed by atoms with E-state index in [1.807, 2.05) is 0 Å². The lowest BCUT2D eigenvalue weighted by Gasteiger charge is -2.26. The molecule has 0 atom stereocenters. The summed E-state index contributed by atoms with van der Waals surface area (Å²) in [6, 6.07) is 8.99. The SMILES string of the molecule is NC(=O)C1(C(=O)N(Cc2ccc(F)cc2)c2ccc(O)c(F)c2)CC1. The van der Waals surface area contributed by atoms with Crippen molar-refractivity contribution < 1.29 is 23.5 Å². The van der Waals surface area contributed by atoms with E-state index >= 15 is 0 Å². The normalized spacial score (nSPS) is 14.8. The first-order valence-corrected chi connectivity index (χ1v) is 7.68. The van der Waals surface area contributed by atoms with Gasteiger partial charge in [0, 0.05) is 11.8 Å². The number of phenols is 1. The van der Waals surface area contributed by atoms with E-state index in [2.05, 4.69) is 0 Å². The molecule has 2 aromatic carbocycles. The Labute approximate surface area is 142 Å². The Morgan fingerprint density at radius 1 is 1.12 bits per heavy atom. The van der Waals surface area contributed by atoms with Crippen molar-refractivity contribution >= 4 is 17.5 Å². The number of nitrogens with two attached hydrogens (primary N) is 1. The molecule has 3 N–H and O–H groups in total. The Morgan fingerprint density at radius 3 is 2.28 bits per heavy atom. The van der Waals surface area contributed by atoms with Crippen molar-refractivity contribution in [2.45, 2.75) is 19.4 Å². The minimum absolute atomic E-state index is 0.0123. The van der Waals surface area contributed by atoms with Gasteiger partial charge < -0.3 is 15.7 Å². The van der Waals surface area contributed by atoms with Crippen molar-refractivity contribution in [3.63, 3.8) is 0 Å². The van der Waals surface area contributed by atoms with E-state index in [4.69, 9.17) is 5.73 Å². The molecule has 2 amide bonds. The molecular formula is C18H16F2N2O3. The van der Waals surface area contributed by atoms with E-state index < -0.39 is 34.6 Å². The molecule has 25 heavy (non-hydrogen) atoms. The standard InChI is InChI=1S/C18H16F2N2O3/c19-12-3-1-11(2-4-12)10-22(13-5-6-15(23)14(20)9-13)17(25)18(7-8-18)16(21)24/h1-6,9,23H,7-8,10H2,(H2,21,24). The van der Waals surface area contributed by atoms with Crippen LogP contribution < -0.4 is 10.6 Å². The second-order valence-electron chi connectivity index (χ2n) is 6.10. The molecule has 0 heterocycles. The van der Waals surface area contributed by atoms with Crippen LogP contribution in [0, 0.1) is 17.0 Å². The number of hydrogen-bond donors (Lipinski definition) is 2. The summed E-state index contributed by atoms with van der Waals surface area (Å²) < 4.78 is 26.8. The molecule has 1 saturated carbocycles. The first-order valence-electron chi connectivity index (χ1n) is 7.68. The maximum Gasteiger partial charge on any atom is 0.242 e. The van der Waals surface area contributed by atoms with Crippen molar-refractivity contribution in [3.8, 4) is 5.75 Å². The molecule has 0 unspecified atom stereocenters. The third-order valence-corrected chi connectivity index (χ3v) is 4.37. The summed E-state index contributed by atoms with van der Waals surface area (Å²) in [7, 11) is 0. The number of aromatic hydroxyl groups is 1. The van der Waals surface area contributed by atoms with Gasteiger partial charge in [-0.25, -0.2) is 8.78 Å². The molecule has 0 spiro atoms. The maximum absolute atomic E-state index is 13.7. The number of anilines is 1. The monoisotopic (exact) mass is 346 g/mol. The van der Waals surface area contributed by atoms with Gasteiger partial charge in [-0.3, -0.25) is 9.59 Å². The number of halogens is 2. The summed E-state index contributed by atoms with van der Waals surface area (Å²) in [5.41, 5.74) is 4.86. The molecule has 2 aromatic rings. The van der Waals surface area contributed by atoms with Crippen LogP contribution >= 0.6 is 0 Å². The van der Waals surface area contributed by atoms with Crippen LogP contribution in [0.4, 0.5) is 14.5 Å². The largest absolute Gasteiger partial charge is 0.505 e. The molecule has 0 radical (unpaired) electrons. The fourth-order valence-corrected chi connectivity index (χ4v) is 2.67. The number of benzene rings is 2. The van der Waals surface area contributed by atoms with Crippen molar-refractivity contribution in [2.75, 3.05) is 4.90 Å². The third kappa shape index (κ3) is 3.17. The lowest BCUT2D eigenvalue weighted by molar-refractivity contribution is -0.133. The van der Waals surface area contributed by atoms with Crippen molar-refractivity contribution in [1.29, 1.82) is 0 Å². The molecule has 0 aliphatic heterocycles. The topological polar surface area (TPSA) is 83.6 Å². The van der Waals surface area contributed by atoms with E-state index in [0.29, 0.717) is 18.4 Å². The van der Waals surface area contributed by atoms with Gasteiger partial charge in [-0.15, -0.1) is 0 Å². The first-order chi connectivity index (χ1) is 11.8. The zero-order chi connectivity index (χ0) is 18.2. The number of carbonyl (C=O) groups is 2. The molecule has 3 rings (SSSR count). The molecule has 1 fully saturated rings. The van der Waals surface area contributed by atoms with Gasteiger partial charge in [0.25, 0.3) is 0 Å². The Balaban J connectivity index is 1.98. The summed E-state index contributed by atoms with van der Waals surface area (Å²) in [6.07, 6.45) is 0.670. The van der Waals surface area contributed by atoms with Crippen LogP contribution in [0.1, 0.15) is 18.4 Å². The molecular weight excluding hydrogens is 330 g/mol. The Morgan fingerprint density at radius 2 is 1.76 bits per heavy atom. The summed E-state index contributed by atoms with van der Waals surface area (Å²) in [5, 5.41) is 9.35. The quantitative estimate of drug-likeness (QED) is 0.816. The molecule has 7 heteroatoms. The highest BCUT2D eigenvalue weighted by atomic mass is 19.1. The molecule has 5 nitrogen and oxygen atoms in total. The van der Waals surface area contributed by atoms with E-state index in [-0.39, 0.29) is 12.2 Å². The first kappa shape index (κ1) is 16.9. The van der Waals surface area contributed by atoms with Gasteiger partial charge in [-0.1, -0.05) is 12.1 Å². The fourth-order valence-electron chi connectivity index (χ4n) is 2.67. The maximum atomic E-state index is 13.7. The third-order valence-electron chi connectivity index (χ3n) is 4.37. The highest BCUT2D eigenvalue weighted by Crippen LogP contribution is 2.48. The van der Waals surface area contributed by atoms with Crippen LogP contribution in [-0.2, 0) is 16.1 Å². The average Bonchev–Trinajstić information content (AvgIpc) is 3.38. The van der Waals surface area contributed by atoms with Crippen molar-refractivity contribution in [2.24, 2.45) is 11.1 Å². The van der Waals surface area contributed by atoms with Gasteiger partial charge in [0.1, 0.15) is 11.2 Å². The van der Waals surface area contributed by atoms with Crippen LogP contribution in [0.3, 0.4) is 0 Å². The van der Waals surface area contributed by atoms with Crippen molar-refractivity contribution in [1.82, 2.24) is 0 Å². The van der Waals surface area contributed by atoms with E-state index in [1.165, 1.54) is 35.2 Å². The minimum Gasteiger partial charge on any atom is -0.505 e. The van der Waals surface area contributed by atoms with Crippen LogP contribution in [0.15, 0.2) is 42.5 Å². The molecule has 0 bridgehead atoms. The lowest BCUT2D eigenvalue weighted by Crippen LogP contribution is -2.43. The van der Waals surface area contributed by atoms with Gasteiger partial charge in [-0.2, -0.15) is 0 Å². The van der Waals surface area contributed by atoms with Crippen LogP contribution in [0.25, 0.3) is 0 Å². The van der Waals surface area contributed by atoms with Gasteiger partial charge in [0.2, 0.25) is 11.8 Å². The second kappa shape index (κ2) is 6.16. The van der Waals surface area contributed by atoms with E-state index in [9.17, 15) is 23.5 Å². The van der Waals surface area contributed by atoms with Gasteiger partial charge in [0.05, 0.1) is 6.54 Å². The summed E-state index contributed by atoms with van der Waals surface area (Å²) in [5.74, 6) is -3.12. The Hall–Kier alpha value is -2.96. The number of rotatable bonds is 5. The van der Waals surface area contributed by atoms with Gasteiger partial charge >= 0.3 is 0 Å². The van der Waals surface area contributed by atoms with Crippen LogP contribution in [-0.4, -0.2) is 16.9 Å². The zero-order valence-corrected chi connectivity index (χ0v) is 13.2. The number of amides is 2. The summed E-state index contributed by atoms with van der Waals surface area (Å²) >= 11 is 0. The molecule has 130 valence electrons. The Bertz CT molecular complexity index is 833. The average molecular weight is 346 g/mol. The number of phenolic OH excluding ortho intramolecular Hbond substituents is 1. The summed E-state index contributed by atoms with van der Waals surface area (Å²) in [4.78, 5) is 25.8. The molecule has 1 aliphatic rings. The van der Waals surface area contributed by atoms with Crippen molar-refractivity contribution in [3.05, 3.63) is 59.7 Å². The van der Waals surface area contributed by atoms with Crippen LogP contribution in [0.2, 0.25) is 0 Å². The predicted molar refractivity (Wildman–Crippen MR) is 86.5 cm³/mol. The van der Waals surface area contributed by atoms with Gasteiger partial charge in [0.15, 0.2) is 11.6 Å². The number of carbonyl (C=O) groups excluding carboxylic acids is 2. The molecule has 0 saturated heterocycles. The highest BCUT2D eigenvalue weighted by molar-refractivity contribution is 6.13. The highest BCUT2D eigenvalue weighted by Gasteiger charge is 2.57. The number of primary amides is 1. The van der Waals surface area contributed by atoms with Gasteiger partial charge in [-0.05, 0) is 42.7 Å².